The summed E-state index contributed by atoms with van der Waals surface area (Å²) in [6.07, 6.45) is 16.0. The fourth-order valence-corrected chi connectivity index (χ4v) is 3.30. The molecule has 0 N–H and O–H groups in total. The lowest BCUT2D eigenvalue weighted by Gasteiger charge is -2.23. The second kappa shape index (κ2) is 5.18. The van der Waals surface area contributed by atoms with Crippen molar-refractivity contribution in [2.45, 2.75) is 52.4 Å². The quantitative estimate of drug-likeness (QED) is 0.555. The summed E-state index contributed by atoms with van der Waals surface area (Å²) in [6, 6.07) is 0. The third-order valence-electron chi connectivity index (χ3n) is 4.34. The molecule has 0 heteroatoms. The van der Waals surface area contributed by atoms with E-state index in [0.29, 0.717) is 0 Å². The van der Waals surface area contributed by atoms with E-state index in [-0.39, 0.29) is 0 Å². The van der Waals surface area contributed by atoms with Gasteiger partial charge in [-0.25, -0.2) is 0 Å². The summed E-state index contributed by atoms with van der Waals surface area (Å²) in [4.78, 5) is 0. The summed E-state index contributed by atoms with van der Waals surface area (Å²) in [5.41, 5.74) is 0. The van der Waals surface area contributed by atoms with Crippen molar-refractivity contribution in [2.75, 3.05) is 0 Å². The molecule has 1 fully saturated rings. The van der Waals surface area contributed by atoms with E-state index in [1.165, 1.54) is 38.5 Å². The van der Waals surface area contributed by atoms with Crippen LogP contribution in [0.5, 0.6) is 0 Å². The molecule has 0 aliphatic heterocycles. The van der Waals surface area contributed by atoms with Crippen molar-refractivity contribution in [1.82, 2.24) is 0 Å². The molecule has 0 heterocycles. The van der Waals surface area contributed by atoms with Crippen LogP contribution in [0, 0.1) is 30.1 Å². The van der Waals surface area contributed by atoms with Crippen LogP contribution in [0.25, 0.3) is 0 Å². The monoisotopic (exact) mass is 205 g/mol. The Morgan fingerprint density at radius 3 is 2.67 bits per heavy atom. The molecule has 0 saturated heterocycles. The molecule has 2 aliphatic rings. The number of allylic oxidation sites excluding steroid dienone is 2. The minimum Gasteiger partial charge on any atom is -0.0848 e. The number of rotatable bonds is 6. The van der Waals surface area contributed by atoms with E-state index in [1.54, 1.807) is 0 Å². The first-order valence-corrected chi connectivity index (χ1v) is 6.86. The Morgan fingerprint density at radius 2 is 2.13 bits per heavy atom. The highest BCUT2D eigenvalue weighted by Crippen LogP contribution is 2.45. The summed E-state index contributed by atoms with van der Waals surface area (Å²) in [5, 5.41) is 0. The van der Waals surface area contributed by atoms with Crippen LogP contribution in [-0.4, -0.2) is 0 Å². The van der Waals surface area contributed by atoms with Gasteiger partial charge in [0.15, 0.2) is 0 Å². The molecule has 0 aromatic rings. The molecule has 4 unspecified atom stereocenters. The van der Waals surface area contributed by atoms with Gasteiger partial charge in [-0.15, -0.1) is 0 Å². The highest BCUT2D eigenvalue weighted by molar-refractivity contribution is 5.17. The third-order valence-corrected chi connectivity index (χ3v) is 4.34. The Labute approximate surface area is 95.1 Å². The Morgan fingerprint density at radius 1 is 1.27 bits per heavy atom. The second-order valence-electron chi connectivity index (χ2n) is 5.46. The van der Waals surface area contributed by atoms with E-state index < -0.39 is 0 Å². The number of hydrogen-bond donors (Lipinski definition) is 0. The standard InChI is InChI=1S/C15H25/c1-3-5-6-12(4-2)9-15-11-13-7-8-14(15)10-13/h7-8,11-15H,3-6,9-10H2,1-2H3. The van der Waals surface area contributed by atoms with Gasteiger partial charge in [0.1, 0.15) is 0 Å². The maximum atomic E-state index is 2.62. The van der Waals surface area contributed by atoms with Gasteiger partial charge in [0, 0.05) is 0 Å². The zero-order valence-electron chi connectivity index (χ0n) is 10.3. The molecule has 2 rings (SSSR count). The summed E-state index contributed by atoms with van der Waals surface area (Å²) in [7, 11) is 0. The van der Waals surface area contributed by atoms with Crippen LogP contribution in [0.1, 0.15) is 52.4 Å². The van der Waals surface area contributed by atoms with E-state index in [1.807, 2.05) is 0 Å². The van der Waals surface area contributed by atoms with E-state index >= 15 is 0 Å². The summed E-state index contributed by atoms with van der Waals surface area (Å²) >= 11 is 0. The van der Waals surface area contributed by atoms with Gasteiger partial charge in [-0.05, 0) is 42.9 Å². The first kappa shape index (κ1) is 11.2. The molecule has 2 bridgehead atoms. The average Bonchev–Trinajstić information content (AvgIpc) is 2.85. The van der Waals surface area contributed by atoms with Gasteiger partial charge in [-0.3, -0.25) is 0 Å². The van der Waals surface area contributed by atoms with Crippen LogP contribution in [0.3, 0.4) is 0 Å². The molecule has 1 radical (unpaired) electrons. The lowest BCUT2D eigenvalue weighted by Crippen LogP contribution is -2.13. The highest BCUT2D eigenvalue weighted by Gasteiger charge is 2.36. The fourth-order valence-electron chi connectivity index (χ4n) is 3.30. The van der Waals surface area contributed by atoms with Crippen molar-refractivity contribution in [3.63, 3.8) is 0 Å². The van der Waals surface area contributed by atoms with Gasteiger partial charge < -0.3 is 0 Å². The predicted octanol–water partition coefficient (Wildman–Crippen LogP) is 4.62. The molecule has 1 saturated carbocycles. The number of hydrogen-bond acceptors (Lipinski definition) is 0. The zero-order valence-corrected chi connectivity index (χ0v) is 10.3. The summed E-state index contributed by atoms with van der Waals surface area (Å²) in [6.45, 7) is 4.67. The molecule has 0 amide bonds. The lowest BCUT2D eigenvalue weighted by atomic mass is 9.82. The Kier molecular flexibility index (Phi) is 3.88. The largest absolute Gasteiger partial charge is 0.0848 e. The highest BCUT2D eigenvalue weighted by atomic mass is 14.4. The van der Waals surface area contributed by atoms with Crippen LogP contribution in [0.2, 0.25) is 0 Å². The summed E-state index contributed by atoms with van der Waals surface area (Å²) in [5.74, 6) is 3.65. The van der Waals surface area contributed by atoms with Crippen molar-refractivity contribution in [3.8, 4) is 0 Å². The van der Waals surface area contributed by atoms with Crippen LogP contribution < -0.4 is 0 Å². The van der Waals surface area contributed by atoms with Crippen molar-refractivity contribution < 1.29 is 0 Å². The van der Waals surface area contributed by atoms with Crippen molar-refractivity contribution in [1.29, 1.82) is 0 Å². The van der Waals surface area contributed by atoms with E-state index in [9.17, 15) is 0 Å². The predicted molar refractivity (Wildman–Crippen MR) is 66.5 cm³/mol. The van der Waals surface area contributed by atoms with Crippen LogP contribution in [0.15, 0.2) is 12.2 Å². The van der Waals surface area contributed by atoms with E-state index in [4.69, 9.17) is 0 Å². The molecular formula is C15H25. The Bertz CT molecular complexity index is 216. The smallest absolute Gasteiger partial charge is 0.0194 e. The second-order valence-corrected chi connectivity index (χ2v) is 5.46. The topological polar surface area (TPSA) is 0 Å². The van der Waals surface area contributed by atoms with E-state index in [2.05, 4.69) is 32.4 Å². The normalized spacial score (nSPS) is 34.9. The van der Waals surface area contributed by atoms with E-state index in [0.717, 1.165) is 23.7 Å². The van der Waals surface area contributed by atoms with Crippen molar-refractivity contribution >= 4 is 0 Å². The first-order chi connectivity index (χ1) is 7.33. The van der Waals surface area contributed by atoms with Gasteiger partial charge in [0.05, 0.1) is 0 Å². The molecule has 15 heavy (non-hydrogen) atoms. The minimum absolute atomic E-state index is 0.837. The van der Waals surface area contributed by atoms with Gasteiger partial charge >= 0.3 is 0 Å². The average molecular weight is 205 g/mol. The minimum atomic E-state index is 0.837. The van der Waals surface area contributed by atoms with Crippen LogP contribution in [0.4, 0.5) is 0 Å². The molecule has 0 aromatic heterocycles. The van der Waals surface area contributed by atoms with Gasteiger partial charge in [-0.2, -0.15) is 0 Å². The van der Waals surface area contributed by atoms with Gasteiger partial charge in [0.2, 0.25) is 0 Å². The van der Waals surface area contributed by atoms with Gasteiger partial charge in [-0.1, -0.05) is 51.7 Å². The maximum absolute atomic E-state index is 2.62. The molecule has 85 valence electrons. The summed E-state index contributed by atoms with van der Waals surface area (Å²) < 4.78 is 0. The molecule has 4 atom stereocenters. The Hall–Kier alpha value is -0.260. The molecule has 0 nitrogen and oxygen atoms in total. The molecular weight excluding hydrogens is 180 g/mol. The van der Waals surface area contributed by atoms with Crippen LogP contribution in [-0.2, 0) is 0 Å². The van der Waals surface area contributed by atoms with Gasteiger partial charge in [0.25, 0.3) is 0 Å². The third kappa shape index (κ3) is 2.65. The van der Waals surface area contributed by atoms with Crippen LogP contribution >= 0.6 is 0 Å². The Balaban J connectivity index is 1.77. The van der Waals surface area contributed by atoms with Crippen molar-refractivity contribution in [3.05, 3.63) is 18.6 Å². The SMILES string of the molecule is CCCCC(CC)CC1[CH]C2C=CC1C2. The number of fused-ring (bicyclic) bond motifs is 2. The maximum Gasteiger partial charge on any atom is -0.0194 e. The number of unbranched alkanes of at least 4 members (excludes halogenated alkanes) is 1. The molecule has 2 aliphatic carbocycles. The fraction of sp³-hybridized carbons (Fsp3) is 0.800. The zero-order chi connectivity index (χ0) is 10.7. The van der Waals surface area contributed by atoms with Crippen molar-refractivity contribution in [2.24, 2.45) is 23.7 Å². The molecule has 0 aromatic carbocycles. The lowest BCUT2D eigenvalue weighted by molar-refractivity contribution is 0.335. The first-order valence-electron chi connectivity index (χ1n) is 6.86. The molecule has 0 spiro atoms.